The molecule has 162 valence electrons. The van der Waals surface area contributed by atoms with Gasteiger partial charge in [0.1, 0.15) is 0 Å². The molecule has 32 heavy (non-hydrogen) atoms. The van der Waals surface area contributed by atoms with E-state index in [4.69, 9.17) is 0 Å². The standard InChI is InChI=1S/C25H24N4O3/c30-16-22-25(19-6-4-17(5-7-19)18-8-11-26-12-9-18)21-14-28(15-24(32)29(21)22)23(31)13-20-3-1-2-10-27-20/h1-12,21-22,25,30H,13-16H2/t21-,22-,25+/m1/s1. The van der Waals surface area contributed by atoms with Gasteiger partial charge in [-0.25, -0.2) is 0 Å². The normalized spacial score (nSPS) is 22.3. The van der Waals surface area contributed by atoms with Gasteiger partial charge in [-0.2, -0.15) is 0 Å². The van der Waals surface area contributed by atoms with E-state index in [0.717, 1.165) is 16.7 Å². The monoisotopic (exact) mass is 428 g/mol. The molecule has 0 unspecified atom stereocenters. The first-order valence-electron chi connectivity index (χ1n) is 10.8. The summed E-state index contributed by atoms with van der Waals surface area (Å²) < 4.78 is 0. The molecule has 0 bridgehead atoms. The molecule has 0 saturated carbocycles. The Morgan fingerprint density at radius 2 is 1.75 bits per heavy atom. The first-order chi connectivity index (χ1) is 15.7. The third kappa shape index (κ3) is 3.65. The fraction of sp³-hybridized carbons (Fsp3) is 0.280. The van der Waals surface area contributed by atoms with Crippen molar-refractivity contribution in [2.24, 2.45) is 0 Å². The van der Waals surface area contributed by atoms with Crippen molar-refractivity contribution in [3.8, 4) is 11.1 Å². The smallest absolute Gasteiger partial charge is 0.242 e. The van der Waals surface area contributed by atoms with Gasteiger partial charge in [0.15, 0.2) is 0 Å². The minimum atomic E-state index is -0.257. The van der Waals surface area contributed by atoms with Gasteiger partial charge in [0, 0.05) is 36.7 Å². The number of aliphatic hydroxyl groups excluding tert-OH is 1. The van der Waals surface area contributed by atoms with Crippen LogP contribution in [0.4, 0.5) is 0 Å². The van der Waals surface area contributed by atoms with Gasteiger partial charge in [-0.15, -0.1) is 0 Å². The maximum Gasteiger partial charge on any atom is 0.242 e. The number of nitrogens with zero attached hydrogens (tertiary/aromatic N) is 4. The fourth-order valence-electron chi connectivity index (χ4n) is 4.90. The number of pyridine rings is 2. The second kappa shape index (κ2) is 8.51. The van der Waals surface area contributed by atoms with E-state index in [0.29, 0.717) is 12.2 Å². The number of benzene rings is 1. The van der Waals surface area contributed by atoms with Gasteiger partial charge >= 0.3 is 0 Å². The van der Waals surface area contributed by atoms with Gasteiger partial charge < -0.3 is 14.9 Å². The van der Waals surface area contributed by atoms with Crippen LogP contribution in [-0.2, 0) is 16.0 Å². The molecule has 2 aliphatic rings. The summed E-state index contributed by atoms with van der Waals surface area (Å²) in [6.45, 7) is 0.415. The molecule has 2 amide bonds. The Bertz CT molecular complexity index is 1110. The van der Waals surface area contributed by atoms with Gasteiger partial charge in [-0.05, 0) is 41.0 Å². The van der Waals surface area contributed by atoms with Crippen molar-refractivity contribution >= 4 is 11.8 Å². The average molecular weight is 428 g/mol. The zero-order valence-electron chi connectivity index (χ0n) is 17.5. The molecule has 2 aliphatic heterocycles. The van der Waals surface area contributed by atoms with Crippen molar-refractivity contribution in [1.82, 2.24) is 19.8 Å². The largest absolute Gasteiger partial charge is 0.394 e. The number of aliphatic hydroxyl groups is 1. The molecule has 1 aromatic carbocycles. The van der Waals surface area contributed by atoms with Crippen molar-refractivity contribution in [1.29, 1.82) is 0 Å². The molecule has 0 radical (unpaired) electrons. The van der Waals surface area contributed by atoms with Crippen LogP contribution in [0, 0.1) is 0 Å². The minimum absolute atomic E-state index is 0.0131. The Balaban J connectivity index is 1.34. The molecule has 7 heteroatoms. The minimum Gasteiger partial charge on any atom is -0.394 e. The molecular formula is C25H24N4O3. The Morgan fingerprint density at radius 3 is 2.44 bits per heavy atom. The Labute approximate surface area is 186 Å². The molecule has 0 aliphatic carbocycles. The van der Waals surface area contributed by atoms with Crippen LogP contribution in [0.15, 0.2) is 73.2 Å². The maximum atomic E-state index is 12.8. The second-order valence-corrected chi connectivity index (χ2v) is 8.27. The first-order valence-corrected chi connectivity index (χ1v) is 10.8. The van der Waals surface area contributed by atoms with Gasteiger partial charge in [-0.3, -0.25) is 19.6 Å². The van der Waals surface area contributed by atoms with Crippen LogP contribution < -0.4 is 0 Å². The number of amides is 2. The molecule has 7 nitrogen and oxygen atoms in total. The van der Waals surface area contributed by atoms with Crippen molar-refractivity contribution in [2.75, 3.05) is 19.7 Å². The third-order valence-electron chi connectivity index (χ3n) is 6.47. The maximum absolute atomic E-state index is 12.8. The van der Waals surface area contributed by atoms with E-state index in [9.17, 15) is 14.7 Å². The van der Waals surface area contributed by atoms with Crippen LogP contribution in [-0.4, -0.2) is 68.5 Å². The van der Waals surface area contributed by atoms with Gasteiger partial charge in [-0.1, -0.05) is 30.3 Å². The predicted molar refractivity (Wildman–Crippen MR) is 118 cm³/mol. The number of carbonyl (C=O) groups is 2. The van der Waals surface area contributed by atoms with E-state index < -0.39 is 0 Å². The predicted octanol–water partition coefficient (Wildman–Crippen LogP) is 1.88. The summed E-state index contributed by atoms with van der Waals surface area (Å²) in [6, 6.07) is 17.2. The van der Waals surface area contributed by atoms with E-state index in [-0.39, 0.29) is 49.4 Å². The van der Waals surface area contributed by atoms with E-state index in [1.54, 1.807) is 28.4 Å². The Kier molecular flexibility index (Phi) is 5.41. The summed E-state index contributed by atoms with van der Waals surface area (Å²) >= 11 is 0. The number of hydrogen-bond acceptors (Lipinski definition) is 5. The average Bonchev–Trinajstić information content (AvgIpc) is 2.82. The zero-order valence-corrected chi connectivity index (χ0v) is 17.5. The summed E-state index contributed by atoms with van der Waals surface area (Å²) in [7, 11) is 0. The Hall–Kier alpha value is -3.58. The second-order valence-electron chi connectivity index (χ2n) is 8.27. The number of piperazine rings is 1. The third-order valence-corrected chi connectivity index (χ3v) is 6.47. The molecule has 4 heterocycles. The highest BCUT2D eigenvalue weighted by atomic mass is 16.3. The lowest BCUT2D eigenvalue weighted by molar-refractivity contribution is -0.166. The summed E-state index contributed by atoms with van der Waals surface area (Å²) in [5, 5.41) is 9.99. The van der Waals surface area contributed by atoms with Crippen molar-refractivity contribution in [2.45, 2.75) is 24.4 Å². The van der Waals surface area contributed by atoms with Crippen LogP contribution >= 0.6 is 0 Å². The molecule has 2 fully saturated rings. The molecule has 0 spiro atoms. The number of fused-ring (bicyclic) bond motifs is 1. The van der Waals surface area contributed by atoms with E-state index in [1.165, 1.54) is 0 Å². The van der Waals surface area contributed by atoms with Crippen molar-refractivity contribution < 1.29 is 14.7 Å². The van der Waals surface area contributed by atoms with Crippen LogP contribution in [0.5, 0.6) is 0 Å². The molecule has 1 N–H and O–H groups in total. The van der Waals surface area contributed by atoms with E-state index in [1.807, 2.05) is 30.3 Å². The zero-order chi connectivity index (χ0) is 22.1. The quantitative estimate of drug-likeness (QED) is 0.671. The summed E-state index contributed by atoms with van der Waals surface area (Å²) in [5.74, 6) is -0.226. The van der Waals surface area contributed by atoms with Crippen LogP contribution in [0.1, 0.15) is 17.2 Å². The molecule has 5 rings (SSSR count). The lowest BCUT2D eigenvalue weighted by atomic mass is 9.73. The first kappa shape index (κ1) is 20.3. The van der Waals surface area contributed by atoms with Crippen LogP contribution in [0.2, 0.25) is 0 Å². The highest BCUT2D eigenvalue weighted by Crippen LogP contribution is 2.43. The lowest BCUT2D eigenvalue weighted by Crippen LogP contribution is -2.73. The van der Waals surface area contributed by atoms with Gasteiger partial charge in [0.2, 0.25) is 11.8 Å². The van der Waals surface area contributed by atoms with Crippen molar-refractivity contribution in [3.05, 3.63) is 84.4 Å². The number of carbonyl (C=O) groups excluding carboxylic acids is 2. The fourth-order valence-corrected chi connectivity index (χ4v) is 4.90. The highest BCUT2D eigenvalue weighted by Gasteiger charge is 2.54. The van der Waals surface area contributed by atoms with Crippen LogP contribution in [0.25, 0.3) is 11.1 Å². The summed E-state index contributed by atoms with van der Waals surface area (Å²) in [6.07, 6.45) is 5.36. The number of hydrogen-bond donors (Lipinski definition) is 1. The van der Waals surface area contributed by atoms with E-state index >= 15 is 0 Å². The lowest BCUT2D eigenvalue weighted by Gasteiger charge is -2.58. The van der Waals surface area contributed by atoms with Gasteiger partial charge in [0.05, 0.1) is 31.7 Å². The summed E-state index contributed by atoms with van der Waals surface area (Å²) in [4.78, 5) is 37.3. The molecule has 3 aromatic rings. The number of aromatic nitrogens is 2. The van der Waals surface area contributed by atoms with E-state index in [2.05, 4.69) is 34.2 Å². The molecular weight excluding hydrogens is 404 g/mol. The number of rotatable bonds is 5. The highest BCUT2D eigenvalue weighted by molar-refractivity contribution is 5.88. The van der Waals surface area contributed by atoms with Gasteiger partial charge in [0.25, 0.3) is 0 Å². The topological polar surface area (TPSA) is 86.6 Å². The molecule has 2 saturated heterocycles. The summed E-state index contributed by atoms with van der Waals surface area (Å²) in [5.41, 5.74) is 3.92. The van der Waals surface area contributed by atoms with Crippen molar-refractivity contribution in [3.63, 3.8) is 0 Å². The molecule has 3 atom stereocenters. The SMILES string of the molecule is O=C(Cc1ccccn1)N1CC(=O)N2[C@H](CO)[C@@H](c3ccc(-c4ccncc4)cc3)[C@H]2C1. The Morgan fingerprint density at radius 1 is 1.00 bits per heavy atom. The van der Waals surface area contributed by atoms with Crippen LogP contribution in [0.3, 0.4) is 0 Å². The molecule has 2 aromatic heterocycles.